The van der Waals surface area contributed by atoms with Gasteiger partial charge in [0, 0.05) is 44.4 Å². The Bertz CT molecular complexity index is 2850. The summed E-state index contributed by atoms with van der Waals surface area (Å²) in [5.41, 5.74) is 16.9. The third-order valence-corrected chi connectivity index (χ3v) is 12.8. The maximum absolute atomic E-state index is 6.90. The number of anilines is 2. The van der Waals surface area contributed by atoms with E-state index in [4.69, 9.17) is 8.83 Å². The van der Waals surface area contributed by atoms with Crippen molar-refractivity contribution in [3.05, 3.63) is 120 Å². The molecule has 0 bridgehead atoms. The normalized spacial score (nSPS) is 25.6. The second-order valence-electron chi connectivity index (χ2n) is 14.6. The van der Waals surface area contributed by atoms with E-state index in [1.54, 1.807) is 0 Å². The molecule has 3 aromatic heterocycles. The molecule has 1 saturated carbocycles. The molecule has 13 rings (SSSR count). The van der Waals surface area contributed by atoms with Crippen molar-refractivity contribution in [2.45, 2.75) is 24.3 Å². The molecule has 5 heteroatoms. The number of para-hydroxylation sites is 3. The number of H-pyrrole nitrogens is 1. The molecule has 0 amide bonds. The predicted octanol–water partition coefficient (Wildman–Crippen LogP) is 8.58. The first kappa shape index (κ1) is 23.9. The minimum Gasteiger partial charge on any atom is -0.456 e. The van der Waals surface area contributed by atoms with Gasteiger partial charge in [-0.2, -0.15) is 0 Å². The molecular weight excluding hydrogens is 575 g/mol. The molecule has 0 saturated heterocycles. The number of aromatic amines is 1. The Morgan fingerprint density at radius 2 is 1.60 bits per heavy atom. The third kappa shape index (κ3) is 2.46. The summed E-state index contributed by atoms with van der Waals surface area (Å²) in [4.78, 5) is 6.64. The summed E-state index contributed by atoms with van der Waals surface area (Å²) in [6.07, 6.45) is 9.57. The number of benzene rings is 5. The van der Waals surface area contributed by atoms with E-state index in [0.29, 0.717) is 23.8 Å². The molecule has 6 heterocycles. The first-order valence-corrected chi connectivity index (χ1v) is 16.9. The summed E-state index contributed by atoms with van der Waals surface area (Å²) in [5.74, 6) is 1.29. The van der Waals surface area contributed by atoms with Gasteiger partial charge in [0.15, 0.2) is 12.9 Å². The largest absolute Gasteiger partial charge is 0.456 e. The minimum atomic E-state index is -0.0952. The minimum absolute atomic E-state index is 0.0952. The van der Waals surface area contributed by atoms with Crippen LogP contribution in [0.25, 0.3) is 66.0 Å². The second kappa shape index (κ2) is 7.58. The van der Waals surface area contributed by atoms with Crippen LogP contribution in [0.5, 0.6) is 0 Å². The topological polar surface area (TPSA) is 45.3 Å². The molecule has 5 atom stereocenters. The number of nitrogens with one attached hydrogen (secondary N) is 1. The molecule has 0 radical (unpaired) electrons. The van der Waals surface area contributed by atoms with Crippen LogP contribution in [0.1, 0.15) is 24.0 Å². The summed E-state index contributed by atoms with van der Waals surface area (Å²) < 4.78 is 13.3. The van der Waals surface area contributed by atoms with Crippen molar-refractivity contribution in [3.8, 4) is 11.1 Å². The lowest BCUT2D eigenvalue weighted by Crippen LogP contribution is -2.50. The number of allylic oxidation sites excluding steroid dienone is 4. The highest BCUT2D eigenvalue weighted by Crippen LogP contribution is 2.68. The molecule has 5 unspecified atom stereocenters. The highest BCUT2D eigenvalue weighted by molar-refractivity contribution is 6.74. The SMILES string of the molecule is CC12c3cccc4oc5cc(-c6cccc7c6[nH]c6c8ccccc8oc76)c6c(c5c34)N3c4c(cccc4C(C4C=CC=CC41)C32)B6. The Morgan fingerprint density at radius 1 is 0.745 bits per heavy atom. The van der Waals surface area contributed by atoms with E-state index >= 15 is 0 Å². The van der Waals surface area contributed by atoms with E-state index in [1.807, 2.05) is 12.1 Å². The molecule has 1 N–H and O–H groups in total. The van der Waals surface area contributed by atoms with Crippen LogP contribution in [-0.4, -0.2) is 18.3 Å². The zero-order chi connectivity index (χ0) is 30.3. The van der Waals surface area contributed by atoms with Gasteiger partial charge >= 0.3 is 0 Å². The number of nitrogens with zero attached hydrogens (tertiary/aromatic N) is 1. The number of hydrogen-bond donors (Lipinski definition) is 1. The van der Waals surface area contributed by atoms with Gasteiger partial charge in [-0.3, -0.25) is 0 Å². The Morgan fingerprint density at radius 3 is 2.57 bits per heavy atom. The maximum Gasteiger partial charge on any atom is 0.198 e. The zero-order valence-corrected chi connectivity index (χ0v) is 25.7. The first-order chi connectivity index (χ1) is 23.2. The molecule has 5 aromatic carbocycles. The Kier molecular flexibility index (Phi) is 3.85. The molecular formula is C42H27BN2O2. The van der Waals surface area contributed by atoms with Crippen molar-refractivity contribution in [1.82, 2.24) is 4.98 Å². The Labute approximate surface area is 270 Å². The summed E-state index contributed by atoms with van der Waals surface area (Å²) in [6.45, 7) is 2.55. The number of rotatable bonds is 1. The molecule has 8 aromatic rings. The monoisotopic (exact) mass is 602 g/mol. The highest BCUT2D eigenvalue weighted by Gasteiger charge is 2.65. The number of hydrogen-bond acceptors (Lipinski definition) is 3. The lowest BCUT2D eigenvalue weighted by Gasteiger charge is -2.43. The van der Waals surface area contributed by atoms with Crippen molar-refractivity contribution in [1.29, 1.82) is 0 Å². The van der Waals surface area contributed by atoms with E-state index in [2.05, 4.69) is 114 Å². The van der Waals surface area contributed by atoms with E-state index in [9.17, 15) is 0 Å². The van der Waals surface area contributed by atoms with Gasteiger partial charge in [-0.1, -0.05) is 91.3 Å². The lowest BCUT2D eigenvalue weighted by atomic mass is 9.57. The Hall–Kier alpha value is -5.42. The van der Waals surface area contributed by atoms with Crippen molar-refractivity contribution in [2.75, 3.05) is 4.90 Å². The summed E-state index contributed by atoms with van der Waals surface area (Å²) >= 11 is 0. The van der Waals surface area contributed by atoms with Gasteiger partial charge in [-0.25, -0.2) is 0 Å². The van der Waals surface area contributed by atoms with Crippen LogP contribution < -0.4 is 15.8 Å². The van der Waals surface area contributed by atoms with Gasteiger partial charge < -0.3 is 18.7 Å². The molecule has 2 aliphatic carbocycles. The van der Waals surface area contributed by atoms with Gasteiger partial charge in [0.2, 0.25) is 0 Å². The van der Waals surface area contributed by atoms with Gasteiger partial charge in [0.1, 0.15) is 16.7 Å². The highest BCUT2D eigenvalue weighted by atomic mass is 16.3. The summed E-state index contributed by atoms with van der Waals surface area (Å²) in [7, 11) is 0.894. The van der Waals surface area contributed by atoms with Crippen molar-refractivity contribution in [3.63, 3.8) is 0 Å². The fourth-order valence-electron chi connectivity index (χ4n) is 11.1. The smallest absolute Gasteiger partial charge is 0.198 e. The fraction of sp³-hybridized carbons (Fsp3) is 0.143. The zero-order valence-electron chi connectivity index (χ0n) is 25.7. The van der Waals surface area contributed by atoms with Crippen LogP contribution in [0.15, 0.2) is 118 Å². The first-order valence-electron chi connectivity index (χ1n) is 16.9. The molecule has 47 heavy (non-hydrogen) atoms. The van der Waals surface area contributed by atoms with Crippen LogP contribution >= 0.6 is 0 Å². The van der Waals surface area contributed by atoms with E-state index < -0.39 is 0 Å². The molecule has 3 aliphatic heterocycles. The molecule has 220 valence electrons. The molecule has 1 fully saturated rings. The predicted molar refractivity (Wildman–Crippen MR) is 192 cm³/mol. The molecule has 4 nitrogen and oxygen atoms in total. The van der Waals surface area contributed by atoms with Gasteiger partial charge in [0.25, 0.3) is 0 Å². The lowest BCUT2D eigenvalue weighted by molar-refractivity contribution is 0.351. The van der Waals surface area contributed by atoms with E-state index in [1.165, 1.54) is 55.3 Å². The third-order valence-electron chi connectivity index (χ3n) is 12.8. The number of fused-ring (bicyclic) bond motifs is 10. The van der Waals surface area contributed by atoms with Gasteiger partial charge in [0.05, 0.1) is 22.5 Å². The standard InChI is InChI=1S/C42H27BN2O2/c1-42-26-14-4-2-9-21(26)32-23-12-7-16-28-38(23)45(41(32)42)39-34-31(46-30-18-8-15-27(42)33(30)34)19-25(35(39)43-28)20-11-6-13-24-36(20)44-37-22-10-3-5-17-29(22)47-40(24)37/h2-19,21,26,32,41,43-44H,1H3. The summed E-state index contributed by atoms with van der Waals surface area (Å²) in [6, 6.07) is 31.5. The van der Waals surface area contributed by atoms with E-state index in [-0.39, 0.29) is 5.41 Å². The maximum atomic E-state index is 6.90. The van der Waals surface area contributed by atoms with Gasteiger partial charge in [-0.15, -0.1) is 0 Å². The van der Waals surface area contributed by atoms with Crippen molar-refractivity contribution >= 4 is 84.5 Å². The van der Waals surface area contributed by atoms with Crippen LogP contribution in [0.4, 0.5) is 11.4 Å². The Balaban J connectivity index is 1.19. The summed E-state index contributed by atoms with van der Waals surface area (Å²) in [5, 5.41) is 4.83. The number of aromatic nitrogens is 1. The quantitative estimate of drug-likeness (QED) is 0.192. The van der Waals surface area contributed by atoms with Crippen molar-refractivity contribution in [2.24, 2.45) is 11.8 Å². The average molecular weight is 603 g/mol. The van der Waals surface area contributed by atoms with E-state index in [0.717, 1.165) is 51.4 Å². The van der Waals surface area contributed by atoms with Gasteiger partial charge in [-0.05, 0) is 64.3 Å². The molecule has 0 spiro atoms. The van der Waals surface area contributed by atoms with Crippen LogP contribution in [0.2, 0.25) is 0 Å². The molecule has 5 aliphatic rings. The average Bonchev–Trinajstić information content (AvgIpc) is 3.88. The van der Waals surface area contributed by atoms with Crippen molar-refractivity contribution < 1.29 is 8.83 Å². The number of furan rings is 2. The van der Waals surface area contributed by atoms with Crippen LogP contribution in [-0.2, 0) is 5.41 Å². The van der Waals surface area contributed by atoms with Crippen LogP contribution in [0.3, 0.4) is 0 Å². The second-order valence-corrected chi connectivity index (χ2v) is 14.6. The fourth-order valence-corrected chi connectivity index (χ4v) is 11.1. The van der Waals surface area contributed by atoms with Crippen LogP contribution in [0, 0.1) is 11.8 Å².